The number of anilines is 1. The van der Waals surface area contributed by atoms with Crippen molar-refractivity contribution in [3.8, 4) is 11.3 Å². The Morgan fingerprint density at radius 2 is 1.91 bits per heavy atom. The number of hydrogen-bond acceptors (Lipinski definition) is 6. The average molecular weight is 467 g/mol. The van der Waals surface area contributed by atoms with Crippen LogP contribution in [0.1, 0.15) is 26.0 Å². The smallest absolute Gasteiger partial charge is 0.433 e. The minimum atomic E-state index is -4.62. The molecule has 13 heteroatoms. The van der Waals surface area contributed by atoms with Gasteiger partial charge >= 0.3 is 12.3 Å². The molecule has 2 aromatic heterocycles. The summed E-state index contributed by atoms with van der Waals surface area (Å²) >= 11 is 0. The number of alkyl halides is 3. The highest BCUT2D eigenvalue weighted by atomic mass is 19.4. The van der Waals surface area contributed by atoms with Crippen LogP contribution in [0.25, 0.3) is 11.3 Å². The van der Waals surface area contributed by atoms with E-state index < -0.39 is 18.0 Å². The molecule has 33 heavy (non-hydrogen) atoms. The first-order chi connectivity index (χ1) is 15.5. The van der Waals surface area contributed by atoms with E-state index in [1.165, 1.54) is 22.0 Å². The molecule has 2 aliphatic rings. The van der Waals surface area contributed by atoms with E-state index in [0.29, 0.717) is 12.1 Å². The molecule has 4 heterocycles. The third-order valence-electron chi connectivity index (χ3n) is 6.03. The molecule has 0 unspecified atom stereocenters. The molecule has 2 saturated heterocycles. The van der Waals surface area contributed by atoms with Gasteiger partial charge in [-0.2, -0.15) is 18.3 Å². The highest BCUT2D eigenvalue weighted by Crippen LogP contribution is 2.33. The Balaban J connectivity index is 1.52. The molecule has 2 amide bonds. The third-order valence-corrected chi connectivity index (χ3v) is 6.03. The topological polar surface area (TPSA) is 108 Å². The van der Waals surface area contributed by atoms with Crippen molar-refractivity contribution in [1.82, 2.24) is 29.5 Å². The first-order valence-corrected chi connectivity index (χ1v) is 10.6. The number of aromatic nitrogens is 4. The zero-order chi connectivity index (χ0) is 23.9. The van der Waals surface area contributed by atoms with E-state index in [4.69, 9.17) is 5.11 Å². The SMILES string of the molecule is C[C@H]1CN(C(=O)O)CCN1C(=O)Cn1cc(-c2cc(C(F)(F)F)nc(N3CC[C@@H]3C)n2)cn1. The minimum absolute atomic E-state index is 0.0209. The lowest BCUT2D eigenvalue weighted by molar-refractivity contribution is -0.141. The van der Waals surface area contributed by atoms with E-state index in [2.05, 4.69) is 15.1 Å². The number of amides is 2. The van der Waals surface area contributed by atoms with Crippen LogP contribution >= 0.6 is 0 Å². The lowest BCUT2D eigenvalue weighted by atomic mass is 10.1. The Morgan fingerprint density at radius 3 is 2.48 bits per heavy atom. The van der Waals surface area contributed by atoms with Crippen LogP contribution in [0.2, 0.25) is 0 Å². The lowest BCUT2D eigenvalue weighted by Gasteiger charge is -2.38. The van der Waals surface area contributed by atoms with E-state index in [-0.39, 0.29) is 55.8 Å². The Morgan fingerprint density at radius 1 is 1.15 bits per heavy atom. The summed E-state index contributed by atoms with van der Waals surface area (Å²) in [6.45, 7) is 4.82. The number of carbonyl (C=O) groups is 2. The molecule has 2 aromatic rings. The summed E-state index contributed by atoms with van der Waals surface area (Å²) in [7, 11) is 0. The van der Waals surface area contributed by atoms with Crippen molar-refractivity contribution in [2.75, 3.05) is 31.1 Å². The van der Waals surface area contributed by atoms with Gasteiger partial charge in [-0.05, 0) is 26.3 Å². The number of carbonyl (C=O) groups excluding carboxylic acids is 1. The van der Waals surface area contributed by atoms with E-state index in [0.717, 1.165) is 12.5 Å². The minimum Gasteiger partial charge on any atom is -0.465 e. The van der Waals surface area contributed by atoms with Crippen LogP contribution in [0, 0.1) is 0 Å². The zero-order valence-electron chi connectivity index (χ0n) is 18.2. The highest BCUT2D eigenvalue weighted by Gasteiger charge is 2.36. The van der Waals surface area contributed by atoms with Crippen molar-refractivity contribution >= 4 is 17.9 Å². The van der Waals surface area contributed by atoms with Gasteiger partial charge in [0, 0.05) is 50.0 Å². The summed E-state index contributed by atoms with van der Waals surface area (Å²) in [6.07, 6.45) is -1.96. The van der Waals surface area contributed by atoms with Crippen molar-refractivity contribution in [1.29, 1.82) is 0 Å². The fraction of sp³-hybridized carbons (Fsp3) is 0.550. The molecule has 2 atom stereocenters. The fourth-order valence-electron chi connectivity index (χ4n) is 3.98. The average Bonchev–Trinajstić information content (AvgIpc) is 3.20. The van der Waals surface area contributed by atoms with Crippen LogP contribution in [0.4, 0.5) is 23.9 Å². The van der Waals surface area contributed by atoms with Crippen LogP contribution in [-0.2, 0) is 17.5 Å². The molecule has 0 bridgehead atoms. The number of nitrogens with zero attached hydrogens (tertiary/aromatic N) is 7. The largest absolute Gasteiger partial charge is 0.465 e. The standard InChI is InChI=1S/C20H24F3N7O3/c1-12-3-4-30(12)18-25-15(7-16(26-18)20(21,22)23)14-8-24-28(10-14)11-17(31)29-6-5-27(19(32)33)9-13(29)2/h7-8,10,12-13H,3-6,9,11H2,1-2H3,(H,32,33)/t12-,13-/m0/s1. The molecule has 0 radical (unpaired) electrons. The van der Waals surface area contributed by atoms with Gasteiger partial charge in [0.15, 0.2) is 5.69 Å². The van der Waals surface area contributed by atoms with Gasteiger partial charge in [0.05, 0.1) is 11.9 Å². The van der Waals surface area contributed by atoms with Gasteiger partial charge in [0.25, 0.3) is 0 Å². The van der Waals surface area contributed by atoms with Crippen LogP contribution < -0.4 is 4.90 Å². The van der Waals surface area contributed by atoms with Crippen LogP contribution in [0.5, 0.6) is 0 Å². The van der Waals surface area contributed by atoms with Gasteiger partial charge in [0.1, 0.15) is 6.54 Å². The second kappa shape index (κ2) is 8.52. The van der Waals surface area contributed by atoms with Crippen LogP contribution in [0.15, 0.2) is 18.5 Å². The lowest BCUT2D eigenvalue weighted by Crippen LogP contribution is -2.55. The predicted molar refractivity (Wildman–Crippen MR) is 110 cm³/mol. The van der Waals surface area contributed by atoms with Gasteiger partial charge in [-0.15, -0.1) is 0 Å². The molecule has 0 aromatic carbocycles. The van der Waals surface area contributed by atoms with Crippen LogP contribution in [0.3, 0.4) is 0 Å². The Labute approximate surface area is 187 Å². The molecule has 1 N–H and O–H groups in total. The Kier molecular flexibility index (Phi) is 5.89. The fourth-order valence-corrected chi connectivity index (χ4v) is 3.98. The van der Waals surface area contributed by atoms with Gasteiger partial charge in [0.2, 0.25) is 11.9 Å². The monoisotopic (exact) mass is 467 g/mol. The molecule has 0 saturated carbocycles. The number of piperazine rings is 1. The number of hydrogen-bond donors (Lipinski definition) is 1. The summed E-state index contributed by atoms with van der Waals surface area (Å²) in [5.41, 5.74) is -0.613. The molecule has 0 spiro atoms. The van der Waals surface area contributed by atoms with Crippen molar-refractivity contribution < 1.29 is 27.9 Å². The second-order valence-electron chi connectivity index (χ2n) is 8.36. The first kappa shape index (κ1) is 22.8. The Hall–Kier alpha value is -3.38. The first-order valence-electron chi connectivity index (χ1n) is 10.6. The van der Waals surface area contributed by atoms with Gasteiger partial charge in [-0.25, -0.2) is 14.8 Å². The van der Waals surface area contributed by atoms with Crippen molar-refractivity contribution in [3.63, 3.8) is 0 Å². The maximum absolute atomic E-state index is 13.4. The molecule has 4 rings (SSSR count). The molecular weight excluding hydrogens is 443 g/mol. The molecular formula is C20H24F3N7O3. The van der Waals surface area contributed by atoms with E-state index in [1.807, 2.05) is 6.92 Å². The summed E-state index contributed by atoms with van der Waals surface area (Å²) in [6, 6.07) is 0.643. The Bertz CT molecular complexity index is 1060. The van der Waals surface area contributed by atoms with Crippen molar-refractivity contribution in [3.05, 3.63) is 24.2 Å². The molecule has 2 fully saturated rings. The molecule has 178 valence electrons. The van der Waals surface area contributed by atoms with Crippen LogP contribution in [-0.4, -0.2) is 84.9 Å². The summed E-state index contributed by atoms with van der Waals surface area (Å²) in [4.78, 5) is 36.4. The normalized spacial score (nSPS) is 21.2. The zero-order valence-corrected chi connectivity index (χ0v) is 18.2. The highest BCUT2D eigenvalue weighted by molar-refractivity contribution is 5.77. The summed E-state index contributed by atoms with van der Waals surface area (Å²) in [5.74, 6) is -0.233. The summed E-state index contributed by atoms with van der Waals surface area (Å²) < 4.78 is 41.6. The number of halogens is 3. The van der Waals surface area contributed by atoms with E-state index in [9.17, 15) is 22.8 Å². The summed E-state index contributed by atoms with van der Waals surface area (Å²) in [5, 5.41) is 13.2. The molecule has 0 aliphatic carbocycles. The van der Waals surface area contributed by atoms with Crippen molar-refractivity contribution in [2.24, 2.45) is 0 Å². The van der Waals surface area contributed by atoms with E-state index in [1.54, 1.807) is 16.7 Å². The van der Waals surface area contributed by atoms with Gasteiger partial charge in [-0.1, -0.05) is 0 Å². The quantitative estimate of drug-likeness (QED) is 0.734. The molecule has 2 aliphatic heterocycles. The maximum Gasteiger partial charge on any atom is 0.433 e. The maximum atomic E-state index is 13.4. The van der Waals surface area contributed by atoms with Gasteiger partial charge < -0.3 is 19.8 Å². The number of rotatable bonds is 4. The number of carboxylic acid groups (broad SMARTS) is 1. The van der Waals surface area contributed by atoms with E-state index >= 15 is 0 Å². The molecule has 10 nitrogen and oxygen atoms in total. The predicted octanol–water partition coefficient (Wildman–Crippen LogP) is 2.17. The second-order valence-corrected chi connectivity index (χ2v) is 8.36. The van der Waals surface area contributed by atoms with Gasteiger partial charge in [-0.3, -0.25) is 9.48 Å². The third kappa shape index (κ3) is 4.71. The van der Waals surface area contributed by atoms with Crippen molar-refractivity contribution in [2.45, 2.75) is 45.1 Å².